The van der Waals surface area contributed by atoms with Crippen LogP contribution in [0.25, 0.3) is 11.1 Å². The van der Waals surface area contributed by atoms with Crippen LogP contribution in [-0.2, 0) is 25.5 Å². The minimum atomic E-state index is -1.53. The van der Waals surface area contributed by atoms with E-state index in [9.17, 15) is 22.8 Å². The summed E-state index contributed by atoms with van der Waals surface area (Å²) in [6.07, 6.45) is 0.467. The zero-order valence-corrected chi connectivity index (χ0v) is 18.1. The third-order valence-electron chi connectivity index (χ3n) is 5.69. The number of ether oxygens (including phenoxy) is 2. The molecule has 3 rings (SSSR count). The lowest BCUT2D eigenvalue weighted by molar-refractivity contribution is -0.195. The van der Waals surface area contributed by atoms with Crippen molar-refractivity contribution in [3.05, 3.63) is 58.9 Å². The second kappa shape index (κ2) is 8.20. The minimum absolute atomic E-state index is 0.00722. The normalized spacial score (nSPS) is 23.3. The van der Waals surface area contributed by atoms with Gasteiger partial charge in [-0.15, -0.1) is 0 Å². The molecular formula is C24H25F3O4. The zero-order chi connectivity index (χ0) is 23.1. The highest BCUT2D eigenvalue weighted by atomic mass is 19.2. The van der Waals surface area contributed by atoms with Crippen LogP contribution in [0.1, 0.15) is 44.7 Å². The monoisotopic (exact) mass is 434 g/mol. The largest absolute Gasteiger partial charge is 0.381 e. The lowest BCUT2D eigenvalue weighted by atomic mass is 9.73. The van der Waals surface area contributed by atoms with Crippen LogP contribution in [0, 0.1) is 17.5 Å². The van der Waals surface area contributed by atoms with Crippen LogP contribution < -0.4 is 0 Å². The Bertz CT molecular complexity index is 1020. The lowest BCUT2D eigenvalue weighted by Gasteiger charge is -2.44. The molecule has 0 radical (unpaired) electrons. The molecule has 166 valence electrons. The predicted molar refractivity (Wildman–Crippen MR) is 109 cm³/mol. The maximum atomic E-state index is 13.7. The van der Waals surface area contributed by atoms with Crippen molar-refractivity contribution in [2.24, 2.45) is 0 Å². The smallest absolute Gasteiger partial charge is 0.194 e. The number of hydrogen-bond acceptors (Lipinski definition) is 4. The van der Waals surface area contributed by atoms with Gasteiger partial charge in [-0.25, -0.2) is 13.2 Å². The van der Waals surface area contributed by atoms with Crippen LogP contribution >= 0.6 is 0 Å². The highest BCUT2D eigenvalue weighted by molar-refractivity contribution is 6.15. The maximum Gasteiger partial charge on any atom is 0.194 e. The van der Waals surface area contributed by atoms with E-state index in [1.54, 1.807) is 39.0 Å². The first-order chi connectivity index (χ1) is 14.4. The SMILES string of the molecule is CCc1cc(-c2cc(F)c(F)c(F)c2)ccc1C1C(=O)C(C)(C)OC(C)(COC)C1=O. The highest BCUT2D eigenvalue weighted by Crippen LogP contribution is 2.40. The van der Waals surface area contributed by atoms with Gasteiger partial charge in [-0.05, 0) is 61.6 Å². The van der Waals surface area contributed by atoms with Gasteiger partial charge < -0.3 is 9.47 Å². The Morgan fingerprint density at radius 1 is 0.968 bits per heavy atom. The van der Waals surface area contributed by atoms with Crippen molar-refractivity contribution in [2.45, 2.75) is 51.2 Å². The standard InChI is InChI=1S/C24H25F3O4/c1-6-13-9-14(15-10-17(25)20(27)18(26)11-15)7-8-16(13)19-21(28)23(2,3)31-24(4,12-30-5)22(19)29/h7-11,19H,6,12H2,1-5H3. The molecule has 0 spiro atoms. The van der Waals surface area contributed by atoms with Gasteiger partial charge in [0.2, 0.25) is 0 Å². The van der Waals surface area contributed by atoms with Crippen molar-refractivity contribution >= 4 is 11.6 Å². The quantitative estimate of drug-likeness (QED) is 0.503. The molecule has 1 aliphatic heterocycles. The van der Waals surface area contributed by atoms with Gasteiger partial charge in [-0.3, -0.25) is 9.59 Å². The topological polar surface area (TPSA) is 52.6 Å². The Balaban J connectivity index is 2.12. The third-order valence-corrected chi connectivity index (χ3v) is 5.69. The van der Waals surface area contributed by atoms with Gasteiger partial charge in [0.25, 0.3) is 0 Å². The van der Waals surface area contributed by atoms with E-state index in [0.29, 0.717) is 23.1 Å². The second-order valence-electron chi connectivity index (χ2n) is 8.46. The Kier molecular flexibility index (Phi) is 6.13. The van der Waals surface area contributed by atoms with Crippen molar-refractivity contribution in [3.63, 3.8) is 0 Å². The fourth-order valence-electron chi connectivity index (χ4n) is 4.19. The molecule has 0 amide bonds. The van der Waals surface area contributed by atoms with E-state index in [1.165, 1.54) is 7.11 Å². The van der Waals surface area contributed by atoms with Gasteiger partial charge in [0, 0.05) is 7.11 Å². The molecular weight excluding hydrogens is 409 g/mol. The highest BCUT2D eigenvalue weighted by Gasteiger charge is 2.55. The number of methoxy groups -OCH3 is 1. The van der Waals surface area contributed by atoms with Crippen molar-refractivity contribution in [2.75, 3.05) is 13.7 Å². The maximum absolute atomic E-state index is 13.7. The fraction of sp³-hybridized carbons (Fsp3) is 0.417. The molecule has 2 aromatic carbocycles. The van der Waals surface area contributed by atoms with Crippen molar-refractivity contribution in [3.8, 4) is 11.1 Å². The molecule has 2 aromatic rings. The summed E-state index contributed by atoms with van der Waals surface area (Å²) >= 11 is 0. The Labute approximate surface area is 179 Å². The summed E-state index contributed by atoms with van der Waals surface area (Å²) < 4.78 is 51.7. The fourth-order valence-corrected chi connectivity index (χ4v) is 4.19. The van der Waals surface area contributed by atoms with Crippen LogP contribution in [0.5, 0.6) is 0 Å². The first-order valence-electron chi connectivity index (χ1n) is 10.0. The average Bonchev–Trinajstić information content (AvgIpc) is 2.70. The number of halogens is 3. The van der Waals surface area contributed by atoms with Gasteiger partial charge in [-0.2, -0.15) is 0 Å². The van der Waals surface area contributed by atoms with Crippen molar-refractivity contribution < 1.29 is 32.2 Å². The molecule has 0 aliphatic carbocycles. The van der Waals surface area contributed by atoms with Gasteiger partial charge in [0.05, 0.1) is 6.61 Å². The summed E-state index contributed by atoms with van der Waals surface area (Å²) in [5, 5.41) is 0. The van der Waals surface area contributed by atoms with Crippen LogP contribution in [0.4, 0.5) is 13.2 Å². The van der Waals surface area contributed by atoms with E-state index >= 15 is 0 Å². The van der Waals surface area contributed by atoms with Crippen molar-refractivity contribution in [1.82, 2.24) is 0 Å². The number of carbonyl (C=O) groups is 2. The number of rotatable bonds is 5. The average molecular weight is 434 g/mol. The Morgan fingerprint density at radius 3 is 2.13 bits per heavy atom. The molecule has 2 atom stereocenters. The molecule has 0 saturated carbocycles. The molecule has 4 nitrogen and oxygen atoms in total. The van der Waals surface area contributed by atoms with Crippen LogP contribution in [-0.4, -0.2) is 36.5 Å². The Hall–Kier alpha value is -2.51. The van der Waals surface area contributed by atoms with E-state index < -0.39 is 40.4 Å². The number of hydrogen-bond donors (Lipinski definition) is 0. The van der Waals surface area contributed by atoms with Crippen LogP contribution in [0.2, 0.25) is 0 Å². The molecule has 1 fully saturated rings. The zero-order valence-electron chi connectivity index (χ0n) is 18.1. The lowest BCUT2D eigenvalue weighted by Crippen LogP contribution is -2.61. The summed E-state index contributed by atoms with van der Waals surface area (Å²) in [6.45, 7) is 6.68. The molecule has 7 heteroatoms. The molecule has 31 heavy (non-hydrogen) atoms. The number of Topliss-reactive ketones (excluding diaryl/α,β-unsaturated/α-hetero) is 2. The summed E-state index contributed by atoms with van der Waals surface area (Å²) in [7, 11) is 1.45. The number of carbonyl (C=O) groups excluding carboxylic acids is 2. The molecule has 1 heterocycles. The van der Waals surface area contributed by atoms with Gasteiger partial charge in [-0.1, -0.05) is 25.1 Å². The van der Waals surface area contributed by atoms with Gasteiger partial charge >= 0.3 is 0 Å². The van der Waals surface area contributed by atoms with E-state index in [4.69, 9.17) is 9.47 Å². The minimum Gasteiger partial charge on any atom is -0.381 e. The predicted octanol–water partition coefficient (Wildman–Crippen LogP) is 4.77. The second-order valence-corrected chi connectivity index (χ2v) is 8.46. The van der Waals surface area contributed by atoms with Crippen molar-refractivity contribution in [1.29, 1.82) is 0 Å². The van der Waals surface area contributed by atoms with E-state index in [0.717, 1.165) is 12.1 Å². The number of aryl methyl sites for hydroxylation is 1. The molecule has 1 aliphatic rings. The van der Waals surface area contributed by atoms with Crippen LogP contribution in [0.15, 0.2) is 30.3 Å². The van der Waals surface area contributed by atoms with Gasteiger partial charge in [0.1, 0.15) is 17.1 Å². The Morgan fingerprint density at radius 2 is 1.58 bits per heavy atom. The molecule has 0 N–H and O–H groups in total. The third kappa shape index (κ3) is 4.04. The van der Waals surface area contributed by atoms with E-state index in [2.05, 4.69) is 0 Å². The summed E-state index contributed by atoms with van der Waals surface area (Å²) in [4.78, 5) is 26.5. The molecule has 0 bridgehead atoms. The summed E-state index contributed by atoms with van der Waals surface area (Å²) in [6, 6.07) is 6.67. The van der Waals surface area contributed by atoms with Gasteiger partial charge in [0.15, 0.2) is 29.0 Å². The van der Waals surface area contributed by atoms with E-state index in [-0.39, 0.29) is 18.0 Å². The summed E-state index contributed by atoms with van der Waals surface area (Å²) in [5.74, 6) is -5.94. The first-order valence-corrected chi connectivity index (χ1v) is 10.0. The molecule has 0 aromatic heterocycles. The first kappa shape index (κ1) is 23.2. The molecule has 1 saturated heterocycles. The van der Waals surface area contributed by atoms with Crippen LogP contribution in [0.3, 0.4) is 0 Å². The van der Waals surface area contributed by atoms with E-state index in [1.807, 2.05) is 6.92 Å². The molecule has 2 unspecified atom stereocenters. The number of ketones is 2. The number of benzene rings is 2. The summed E-state index contributed by atoms with van der Waals surface area (Å²) in [5.41, 5.74) is -0.714.